The molecule has 8 rings (SSSR count). The maximum Gasteiger partial charge on any atom is 0.233 e. The lowest BCUT2D eigenvalue weighted by Crippen LogP contribution is -2.55. The maximum absolute atomic E-state index is 13.1. The number of methoxy groups -OCH3 is 2. The van der Waals surface area contributed by atoms with E-state index >= 15 is 0 Å². The summed E-state index contributed by atoms with van der Waals surface area (Å²) >= 11 is 0. The molecule has 2 saturated heterocycles. The maximum atomic E-state index is 13.1. The van der Waals surface area contributed by atoms with E-state index in [2.05, 4.69) is 0 Å². The number of aliphatic hydroxyl groups is 2. The Bertz CT molecular complexity index is 2140. The molecule has 0 spiro atoms. The van der Waals surface area contributed by atoms with Crippen LogP contribution in [0.5, 0.6) is 23.0 Å². The summed E-state index contributed by atoms with van der Waals surface area (Å²) in [4.78, 5) is 29.7. The van der Waals surface area contributed by atoms with Crippen LogP contribution in [0.1, 0.15) is 72.2 Å². The molecule has 308 valence electrons. The summed E-state index contributed by atoms with van der Waals surface area (Å²) in [5.74, 6) is 1.47. The van der Waals surface area contributed by atoms with Crippen LogP contribution in [0.15, 0.2) is 158 Å². The van der Waals surface area contributed by atoms with E-state index in [0.717, 1.165) is 45.1 Å². The first kappa shape index (κ1) is 41.5. The molecule has 10 nitrogen and oxygen atoms in total. The van der Waals surface area contributed by atoms with Crippen LogP contribution in [0, 0.1) is 11.8 Å². The number of anilines is 2. The Balaban J connectivity index is 0.000000181. The average Bonchev–Trinajstić information content (AvgIpc) is 3.29. The van der Waals surface area contributed by atoms with E-state index in [1.54, 1.807) is 48.3 Å². The van der Waals surface area contributed by atoms with E-state index in [1.165, 1.54) is 0 Å². The van der Waals surface area contributed by atoms with E-state index in [0.29, 0.717) is 25.7 Å². The number of aromatic hydroxyl groups is 2. The summed E-state index contributed by atoms with van der Waals surface area (Å²) < 4.78 is 10.4. The van der Waals surface area contributed by atoms with Gasteiger partial charge < -0.3 is 39.7 Å². The van der Waals surface area contributed by atoms with Crippen molar-refractivity contribution in [2.45, 2.75) is 50.0 Å². The minimum Gasteiger partial charge on any atom is -0.508 e. The highest BCUT2D eigenvalue weighted by atomic mass is 16.5. The van der Waals surface area contributed by atoms with E-state index in [9.17, 15) is 30.0 Å². The molecule has 6 aromatic carbocycles. The van der Waals surface area contributed by atoms with Crippen LogP contribution >= 0.6 is 0 Å². The van der Waals surface area contributed by atoms with Gasteiger partial charge in [0.15, 0.2) is 0 Å². The Hall–Kier alpha value is -6.62. The number of amides is 2. The fourth-order valence-electron chi connectivity index (χ4n) is 8.19. The number of hydrogen-bond acceptors (Lipinski definition) is 8. The molecule has 0 bridgehead atoms. The highest BCUT2D eigenvalue weighted by Gasteiger charge is 2.49. The van der Waals surface area contributed by atoms with Gasteiger partial charge in [0.25, 0.3) is 0 Å². The van der Waals surface area contributed by atoms with Crippen molar-refractivity contribution in [2.24, 2.45) is 11.8 Å². The molecule has 0 radical (unpaired) electrons. The summed E-state index contributed by atoms with van der Waals surface area (Å²) in [7, 11) is 3.22. The Morgan fingerprint density at radius 1 is 0.483 bits per heavy atom. The quantitative estimate of drug-likeness (QED) is 0.0800. The first-order valence-corrected chi connectivity index (χ1v) is 20.1. The van der Waals surface area contributed by atoms with Crippen molar-refractivity contribution in [2.75, 3.05) is 24.0 Å². The van der Waals surface area contributed by atoms with E-state index in [4.69, 9.17) is 9.47 Å². The van der Waals surface area contributed by atoms with Crippen molar-refractivity contribution in [1.82, 2.24) is 0 Å². The predicted molar refractivity (Wildman–Crippen MR) is 231 cm³/mol. The van der Waals surface area contributed by atoms with Gasteiger partial charge >= 0.3 is 0 Å². The van der Waals surface area contributed by atoms with Gasteiger partial charge in [0, 0.05) is 11.4 Å². The van der Waals surface area contributed by atoms with E-state index < -0.39 is 12.2 Å². The zero-order valence-electron chi connectivity index (χ0n) is 33.6. The second kappa shape index (κ2) is 19.0. The molecule has 0 unspecified atom stereocenters. The Morgan fingerprint density at radius 2 is 0.817 bits per heavy atom. The first-order chi connectivity index (χ1) is 29.2. The van der Waals surface area contributed by atoms with Gasteiger partial charge in [-0.15, -0.1) is 0 Å². The molecule has 6 aromatic rings. The van der Waals surface area contributed by atoms with Crippen molar-refractivity contribution >= 4 is 23.2 Å². The Kier molecular flexibility index (Phi) is 13.1. The second-order valence-electron chi connectivity index (χ2n) is 15.1. The molecule has 0 aromatic heterocycles. The van der Waals surface area contributed by atoms with Gasteiger partial charge in [-0.3, -0.25) is 9.59 Å². The van der Waals surface area contributed by atoms with E-state index in [-0.39, 0.29) is 47.2 Å². The average molecular weight is 807 g/mol. The van der Waals surface area contributed by atoms with Gasteiger partial charge in [-0.05, 0) is 121 Å². The van der Waals surface area contributed by atoms with Crippen molar-refractivity contribution in [3.63, 3.8) is 0 Å². The van der Waals surface area contributed by atoms with Crippen LogP contribution in [-0.2, 0) is 9.59 Å². The molecule has 2 fully saturated rings. The SMILES string of the molecule is COc1ccc(N2C(=O)[C@H](CC[C@@H](O)c3ccccc3)[C@H]2c2ccc(O)cc2)cc1.COc1ccc(N2C(=O)[C@H](CC[C@H](O)c3ccccc3)[C@H]2c2ccc(O)cc2)cc1. The number of hydrogen-bond donors (Lipinski definition) is 4. The van der Waals surface area contributed by atoms with Gasteiger partial charge in [-0.25, -0.2) is 0 Å². The zero-order chi connectivity index (χ0) is 42.2. The number of carbonyl (C=O) groups excluding carboxylic acids is 2. The van der Waals surface area contributed by atoms with Crippen LogP contribution < -0.4 is 19.3 Å². The largest absolute Gasteiger partial charge is 0.508 e. The topological polar surface area (TPSA) is 140 Å². The summed E-state index contributed by atoms with van der Waals surface area (Å²) in [6.07, 6.45) is 0.959. The summed E-state index contributed by atoms with van der Waals surface area (Å²) in [6.45, 7) is 0. The molecule has 6 atom stereocenters. The van der Waals surface area contributed by atoms with Gasteiger partial charge in [0.1, 0.15) is 23.0 Å². The number of rotatable bonds is 14. The van der Waals surface area contributed by atoms with Crippen LogP contribution in [0.3, 0.4) is 0 Å². The second-order valence-corrected chi connectivity index (χ2v) is 15.1. The number of phenols is 2. The molecular weight excluding hydrogens is 757 g/mol. The van der Waals surface area contributed by atoms with Gasteiger partial charge in [0.05, 0.1) is 50.3 Å². The summed E-state index contributed by atoms with van der Waals surface area (Å²) in [6, 6.07) is 47.5. The third-order valence-corrected chi connectivity index (χ3v) is 11.5. The fourth-order valence-corrected chi connectivity index (χ4v) is 8.19. The Morgan fingerprint density at radius 3 is 1.13 bits per heavy atom. The lowest BCUT2D eigenvalue weighted by molar-refractivity contribution is -0.131. The molecule has 2 aliphatic rings. The highest BCUT2D eigenvalue weighted by Crippen LogP contribution is 2.48. The molecule has 60 heavy (non-hydrogen) atoms. The van der Waals surface area contributed by atoms with Crippen molar-refractivity contribution in [1.29, 1.82) is 0 Å². The van der Waals surface area contributed by atoms with Gasteiger partial charge in [0.2, 0.25) is 11.8 Å². The first-order valence-electron chi connectivity index (χ1n) is 20.1. The van der Waals surface area contributed by atoms with Crippen molar-refractivity contribution in [3.05, 3.63) is 180 Å². The van der Waals surface area contributed by atoms with Crippen molar-refractivity contribution < 1.29 is 39.5 Å². The van der Waals surface area contributed by atoms with Crippen LogP contribution in [0.25, 0.3) is 0 Å². The third-order valence-electron chi connectivity index (χ3n) is 11.5. The number of β-lactam (4-membered cyclic amide) rings is 2. The highest BCUT2D eigenvalue weighted by molar-refractivity contribution is 6.04. The lowest BCUT2D eigenvalue weighted by Gasteiger charge is -2.48. The van der Waals surface area contributed by atoms with Crippen LogP contribution in [-0.4, -0.2) is 46.5 Å². The van der Waals surface area contributed by atoms with Gasteiger partial charge in [-0.1, -0.05) is 84.9 Å². The number of aliphatic hydroxyl groups excluding tert-OH is 2. The number of nitrogens with zero attached hydrogens (tertiary/aromatic N) is 2. The number of phenolic OH excluding ortho intramolecular Hbond substituents is 2. The normalized spacial score (nSPS) is 19.3. The van der Waals surface area contributed by atoms with Crippen LogP contribution in [0.2, 0.25) is 0 Å². The van der Waals surface area contributed by atoms with Crippen molar-refractivity contribution in [3.8, 4) is 23.0 Å². The van der Waals surface area contributed by atoms with Gasteiger partial charge in [-0.2, -0.15) is 0 Å². The lowest BCUT2D eigenvalue weighted by atomic mass is 9.78. The predicted octanol–water partition coefficient (Wildman–Crippen LogP) is 9.24. The minimum atomic E-state index is -0.602. The zero-order valence-corrected chi connectivity index (χ0v) is 33.6. The van der Waals surface area contributed by atoms with E-state index in [1.807, 2.05) is 133 Å². The fraction of sp³-hybridized carbons (Fsp3) is 0.240. The standard InChI is InChI=1S/2C25H25NO4/c2*1-30-21-13-9-19(10-14-21)26-24(18-7-11-20(27)12-8-18)22(25(26)29)15-16-23(28)17-5-3-2-4-6-17/h2*2-14,22-24,27-28H,15-16H2,1H3/t22-,23+,24-;22-,23-,24-/m11/s1. The number of carbonyl (C=O) groups is 2. The monoisotopic (exact) mass is 806 g/mol. The molecular formula is C50H50N2O8. The third kappa shape index (κ3) is 9.15. The molecule has 2 aliphatic heterocycles. The summed E-state index contributed by atoms with van der Waals surface area (Å²) in [5.41, 5.74) is 5.25. The smallest absolute Gasteiger partial charge is 0.233 e. The molecule has 2 amide bonds. The molecule has 2 heterocycles. The number of ether oxygens (including phenoxy) is 2. The molecule has 10 heteroatoms. The summed E-state index contributed by atoms with van der Waals surface area (Å²) in [5, 5.41) is 40.4. The van der Waals surface area contributed by atoms with Crippen LogP contribution in [0.4, 0.5) is 11.4 Å². The molecule has 0 aliphatic carbocycles. The molecule has 4 N–H and O–H groups in total. The molecule has 0 saturated carbocycles. The Labute approximate surface area is 350 Å². The number of benzene rings is 6. The minimum absolute atomic E-state index is 0.0403.